The van der Waals surface area contributed by atoms with Crippen LogP contribution in [0, 0.1) is 0 Å². The van der Waals surface area contributed by atoms with E-state index in [-0.39, 0.29) is 0 Å². The quantitative estimate of drug-likeness (QED) is 0.391. The zero-order valence-electron chi connectivity index (χ0n) is 12.8. The molecule has 3 nitrogen and oxygen atoms in total. The first-order chi connectivity index (χ1) is 11.9. The van der Waals surface area contributed by atoms with Gasteiger partial charge in [0, 0.05) is 22.2 Å². The van der Waals surface area contributed by atoms with Crippen molar-refractivity contribution in [3.05, 3.63) is 60.7 Å². The van der Waals surface area contributed by atoms with Crippen molar-refractivity contribution < 1.29 is 9.47 Å². The number of fused-ring (bicyclic) bond motifs is 9. The van der Waals surface area contributed by atoms with Crippen molar-refractivity contribution in [2.45, 2.75) is 0 Å². The van der Waals surface area contributed by atoms with Crippen molar-refractivity contribution in [3.63, 3.8) is 0 Å². The lowest BCUT2D eigenvalue weighted by Crippen LogP contribution is -1.92. The fraction of sp³-hybridized carbons (Fsp3) is 0.0476. The molecule has 0 saturated carbocycles. The van der Waals surface area contributed by atoms with E-state index >= 15 is 0 Å². The van der Waals surface area contributed by atoms with Crippen LogP contribution in [-0.4, -0.2) is 11.8 Å². The first-order valence-electron chi connectivity index (χ1n) is 8.04. The number of ether oxygens (including phenoxy) is 2. The van der Waals surface area contributed by atoms with Crippen LogP contribution in [0.25, 0.3) is 43.4 Å². The molecule has 4 aromatic carbocycles. The van der Waals surface area contributed by atoms with Crippen LogP contribution in [0.3, 0.4) is 0 Å². The molecule has 5 aromatic rings. The normalized spacial score (nSPS) is 13.5. The minimum atomic E-state index is 0.295. The van der Waals surface area contributed by atoms with Crippen LogP contribution in [0.2, 0.25) is 0 Å². The molecular formula is C21H13NO2. The molecule has 1 N–H and O–H groups in total. The number of H-pyrrole nitrogens is 1. The second-order valence-electron chi connectivity index (χ2n) is 6.22. The van der Waals surface area contributed by atoms with Crippen molar-refractivity contribution in [2.75, 3.05) is 6.79 Å². The number of rotatable bonds is 0. The Hall–Kier alpha value is -3.20. The molecule has 24 heavy (non-hydrogen) atoms. The van der Waals surface area contributed by atoms with Gasteiger partial charge in [-0.15, -0.1) is 0 Å². The van der Waals surface area contributed by atoms with Gasteiger partial charge < -0.3 is 14.5 Å². The summed E-state index contributed by atoms with van der Waals surface area (Å²) < 4.78 is 11.1. The fourth-order valence-electron chi connectivity index (χ4n) is 3.94. The Bertz CT molecular complexity index is 1280. The van der Waals surface area contributed by atoms with Crippen molar-refractivity contribution in [2.24, 2.45) is 0 Å². The van der Waals surface area contributed by atoms with Gasteiger partial charge in [-0.1, -0.05) is 48.5 Å². The zero-order valence-corrected chi connectivity index (χ0v) is 12.8. The molecule has 1 aliphatic rings. The van der Waals surface area contributed by atoms with E-state index in [0.29, 0.717) is 6.79 Å². The van der Waals surface area contributed by atoms with Gasteiger partial charge in [0.25, 0.3) is 0 Å². The largest absolute Gasteiger partial charge is 0.454 e. The third-order valence-electron chi connectivity index (χ3n) is 4.97. The van der Waals surface area contributed by atoms with Crippen LogP contribution in [0.1, 0.15) is 0 Å². The van der Waals surface area contributed by atoms with Gasteiger partial charge in [-0.3, -0.25) is 0 Å². The predicted molar refractivity (Wildman–Crippen MR) is 96.9 cm³/mol. The highest BCUT2D eigenvalue weighted by Gasteiger charge is 2.19. The van der Waals surface area contributed by atoms with Crippen molar-refractivity contribution in [1.29, 1.82) is 0 Å². The van der Waals surface area contributed by atoms with Crippen LogP contribution in [0.5, 0.6) is 11.5 Å². The number of hydrogen-bond donors (Lipinski definition) is 1. The average molecular weight is 311 g/mol. The van der Waals surface area contributed by atoms with E-state index in [1.165, 1.54) is 37.8 Å². The molecule has 2 heterocycles. The molecule has 0 bridgehead atoms. The van der Waals surface area contributed by atoms with Crippen molar-refractivity contribution >= 4 is 43.4 Å². The van der Waals surface area contributed by atoms with E-state index in [2.05, 4.69) is 59.6 Å². The van der Waals surface area contributed by atoms with Crippen LogP contribution >= 0.6 is 0 Å². The Morgan fingerprint density at radius 3 is 2.08 bits per heavy atom. The SMILES string of the molecule is c1ccc2c(c1)c1ccccc1c1c3cc4c(cc3[nH]c21)OCO4. The maximum absolute atomic E-state index is 5.59. The highest BCUT2D eigenvalue weighted by molar-refractivity contribution is 6.31. The maximum Gasteiger partial charge on any atom is 0.231 e. The van der Waals surface area contributed by atoms with Gasteiger partial charge in [0.15, 0.2) is 11.5 Å². The molecule has 1 aromatic heterocycles. The lowest BCUT2D eigenvalue weighted by Gasteiger charge is -2.07. The number of aromatic nitrogens is 1. The van der Waals surface area contributed by atoms with E-state index in [0.717, 1.165) is 17.0 Å². The number of nitrogens with one attached hydrogen (secondary N) is 1. The molecule has 0 atom stereocenters. The van der Waals surface area contributed by atoms with Gasteiger partial charge >= 0.3 is 0 Å². The molecule has 0 unspecified atom stereocenters. The summed E-state index contributed by atoms with van der Waals surface area (Å²) in [7, 11) is 0. The summed E-state index contributed by atoms with van der Waals surface area (Å²) in [4.78, 5) is 3.61. The topological polar surface area (TPSA) is 34.2 Å². The van der Waals surface area contributed by atoms with Crippen molar-refractivity contribution in [1.82, 2.24) is 4.98 Å². The van der Waals surface area contributed by atoms with E-state index in [9.17, 15) is 0 Å². The van der Waals surface area contributed by atoms with Crippen LogP contribution < -0.4 is 9.47 Å². The van der Waals surface area contributed by atoms with Crippen LogP contribution in [0.15, 0.2) is 60.7 Å². The second-order valence-corrected chi connectivity index (χ2v) is 6.22. The Kier molecular flexibility index (Phi) is 2.15. The summed E-state index contributed by atoms with van der Waals surface area (Å²) in [6, 6.07) is 21.3. The van der Waals surface area contributed by atoms with Gasteiger partial charge in [0.1, 0.15) is 0 Å². The predicted octanol–water partition coefficient (Wildman–Crippen LogP) is 5.36. The lowest BCUT2D eigenvalue weighted by atomic mass is 9.97. The Morgan fingerprint density at radius 1 is 0.667 bits per heavy atom. The third kappa shape index (κ3) is 1.42. The molecule has 6 rings (SSSR count). The molecule has 3 heteroatoms. The van der Waals surface area contributed by atoms with Gasteiger partial charge in [-0.05, 0) is 22.2 Å². The highest BCUT2D eigenvalue weighted by Crippen LogP contribution is 2.43. The summed E-state index contributed by atoms with van der Waals surface area (Å²) in [6.45, 7) is 0.295. The van der Waals surface area contributed by atoms with E-state index in [4.69, 9.17) is 9.47 Å². The van der Waals surface area contributed by atoms with E-state index < -0.39 is 0 Å². The second kappa shape index (κ2) is 4.20. The standard InChI is InChI=1S/C21H13NO2/c1-3-7-14-12(5-1)13-6-2-4-8-15(13)21-20(14)16-9-18-19(24-11-23-18)10-17(16)22-21/h1-10,22H,11H2. The molecule has 114 valence electrons. The Labute approximate surface area is 137 Å². The monoisotopic (exact) mass is 311 g/mol. The van der Waals surface area contributed by atoms with Gasteiger partial charge in [0.2, 0.25) is 6.79 Å². The molecule has 0 radical (unpaired) electrons. The molecule has 0 amide bonds. The minimum absolute atomic E-state index is 0.295. The molecule has 0 saturated heterocycles. The van der Waals surface area contributed by atoms with Gasteiger partial charge in [-0.2, -0.15) is 0 Å². The summed E-state index contributed by atoms with van der Waals surface area (Å²) >= 11 is 0. The summed E-state index contributed by atoms with van der Waals surface area (Å²) in [5.74, 6) is 1.63. The lowest BCUT2D eigenvalue weighted by molar-refractivity contribution is 0.174. The summed E-state index contributed by atoms with van der Waals surface area (Å²) in [5.41, 5.74) is 2.25. The number of aromatic amines is 1. The summed E-state index contributed by atoms with van der Waals surface area (Å²) in [5, 5.41) is 7.47. The highest BCUT2D eigenvalue weighted by atomic mass is 16.7. The minimum Gasteiger partial charge on any atom is -0.454 e. The average Bonchev–Trinajstić information content (AvgIpc) is 3.23. The van der Waals surface area contributed by atoms with E-state index in [1.54, 1.807) is 0 Å². The van der Waals surface area contributed by atoms with Crippen molar-refractivity contribution in [3.8, 4) is 11.5 Å². The van der Waals surface area contributed by atoms with E-state index in [1.807, 2.05) is 6.07 Å². The summed E-state index contributed by atoms with van der Waals surface area (Å²) in [6.07, 6.45) is 0. The maximum atomic E-state index is 5.59. The zero-order chi connectivity index (χ0) is 15.7. The molecular weight excluding hydrogens is 298 g/mol. The molecule has 1 aliphatic heterocycles. The molecule has 0 spiro atoms. The van der Waals surface area contributed by atoms with Gasteiger partial charge in [0.05, 0.1) is 11.0 Å². The number of hydrogen-bond acceptors (Lipinski definition) is 2. The molecule has 0 aliphatic carbocycles. The Balaban J connectivity index is 1.95. The van der Waals surface area contributed by atoms with Gasteiger partial charge in [-0.25, -0.2) is 0 Å². The fourth-order valence-corrected chi connectivity index (χ4v) is 3.94. The Morgan fingerprint density at radius 2 is 1.29 bits per heavy atom. The van der Waals surface area contributed by atoms with Crippen LogP contribution in [-0.2, 0) is 0 Å². The first-order valence-corrected chi connectivity index (χ1v) is 8.04. The molecule has 0 fully saturated rings. The van der Waals surface area contributed by atoms with Crippen LogP contribution in [0.4, 0.5) is 0 Å². The first kappa shape index (κ1) is 12.3. The smallest absolute Gasteiger partial charge is 0.231 e. The number of benzene rings is 4. The third-order valence-corrected chi connectivity index (χ3v) is 4.97.